The molecule has 1 aliphatic rings. The normalized spacial score (nSPS) is 15.5. The number of hydrogen-bond donors (Lipinski definition) is 0. The fraction of sp³-hybridized carbons (Fsp3) is 0.417. The summed E-state index contributed by atoms with van der Waals surface area (Å²) in [5, 5.41) is 22.2. The summed E-state index contributed by atoms with van der Waals surface area (Å²) in [4.78, 5) is 4.23. The van der Waals surface area contributed by atoms with E-state index in [0.717, 1.165) is 23.0 Å². The Balaban J connectivity index is 1.83. The van der Waals surface area contributed by atoms with Crippen LogP contribution in [0.3, 0.4) is 0 Å². The van der Waals surface area contributed by atoms with Crippen molar-refractivity contribution < 1.29 is 0 Å². The lowest BCUT2D eigenvalue weighted by Gasteiger charge is -2.10. The first kappa shape index (κ1) is 12.1. The van der Waals surface area contributed by atoms with E-state index in [1.165, 1.54) is 24.6 Å². The minimum atomic E-state index is 0.400. The van der Waals surface area contributed by atoms with Crippen LogP contribution in [-0.2, 0) is 0 Å². The van der Waals surface area contributed by atoms with Gasteiger partial charge in [0.25, 0.3) is 0 Å². The molecule has 0 spiro atoms. The molecule has 7 heteroatoms. The first-order valence-electron chi connectivity index (χ1n) is 6.19. The smallest absolute Gasteiger partial charge is 0.215 e. The van der Waals surface area contributed by atoms with E-state index in [1.807, 2.05) is 22.9 Å². The van der Waals surface area contributed by atoms with Crippen molar-refractivity contribution in [1.29, 1.82) is 5.26 Å². The molecule has 0 radical (unpaired) electrons. The highest BCUT2D eigenvalue weighted by Crippen LogP contribution is 2.33. The molecule has 1 aliphatic carbocycles. The number of pyridine rings is 1. The van der Waals surface area contributed by atoms with Crippen LogP contribution >= 0.6 is 11.8 Å². The van der Waals surface area contributed by atoms with Gasteiger partial charge in [0, 0.05) is 0 Å². The molecule has 6 nitrogen and oxygen atoms in total. The van der Waals surface area contributed by atoms with Crippen molar-refractivity contribution in [3.8, 4) is 6.07 Å². The maximum absolute atomic E-state index is 8.85. The van der Waals surface area contributed by atoms with Crippen LogP contribution in [0.1, 0.15) is 37.4 Å². The van der Waals surface area contributed by atoms with E-state index in [0.29, 0.717) is 11.7 Å². The predicted molar refractivity (Wildman–Crippen MR) is 68.4 cm³/mol. The van der Waals surface area contributed by atoms with Crippen molar-refractivity contribution in [2.75, 3.05) is 0 Å². The Bertz CT molecular complexity index is 611. The number of rotatable bonds is 3. The van der Waals surface area contributed by atoms with Crippen LogP contribution in [0.4, 0.5) is 0 Å². The second kappa shape index (κ2) is 5.36. The van der Waals surface area contributed by atoms with Gasteiger partial charge in [-0.2, -0.15) is 5.26 Å². The zero-order valence-electron chi connectivity index (χ0n) is 10.2. The molecular weight excluding hydrogens is 260 g/mol. The van der Waals surface area contributed by atoms with Gasteiger partial charge in [0.1, 0.15) is 16.8 Å². The van der Waals surface area contributed by atoms with E-state index >= 15 is 0 Å². The molecule has 19 heavy (non-hydrogen) atoms. The predicted octanol–water partition coefficient (Wildman–Crippen LogP) is 2.21. The van der Waals surface area contributed by atoms with E-state index in [4.69, 9.17) is 5.26 Å². The van der Waals surface area contributed by atoms with Crippen molar-refractivity contribution in [2.24, 2.45) is 0 Å². The number of nitriles is 1. The van der Waals surface area contributed by atoms with Crippen molar-refractivity contribution in [3.05, 3.63) is 23.9 Å². The van der Waals surface area contributed by atoms with Crippen LogP contribution in [0.25, 0.3) is 0 Å². The van der Waals surface area contributed by atoms with E-state index in [9.17, 15) is 0 Å². The van der Waals surface area contributed by atoms with Gasteiger partial charge in [-0.05, 0) is 47.2 Å². The third kappa shape index (κ3) is 2.58. The molecule has 1 fully saturated rings. The summed E-state index contributed by atoms with van der Waals surface area (Å²) >= 11 is 1.40. The Labute approximate surface area is 114 Å². The molecule has 0 aromatic carbocycles. The molecule has 0 saturated heterocycles. The van der Waals surface area contributed by atoms with Gasteiger partial charge in [0.2, 0.25) is 5.16 Å². The van der Waals surface area contributed by atoms with Crippen molar-refractivity contribution in [2.45, 2.75) is 41.9 Å². The molecule has 3 rings (SSSR count). The van der Waals surface area contributed by atoms with Crippen LogP contribution < -0.4 is 0 Å². The summed E-state index contributed by atoms with van der Waals surface area (Å²) in [5.74, 6) is 0. The van der Waals surface area contributed by atoms with Crippen LogP contribution in [0, 0.1) is 11.3 Å². The van der Waals surface area contributed by atoms with Gasteiger partial charge in [0.05, 0.1) is 6.04 Å². The van der Waals surface area contributed by atoms with Crippen LogP contribution in [0.5, 0.6) is 0 Å². The van der Waals surface area contributed by atoms with E-state index in [2.05, 4.69) is 20.5 Å². The average molecular weight is 272 g/mol. The summed E-state index contributed by atoms with van der Waals surface area (Å²) in [6.45, 7) is 0. The standard InChI is InChI=1S/C12H12N6S/c13-8-9-4-3-7-11(14-9)19-12-15-16-17-18(12)10-5-1-2-6-10/h3-4,7,10H,1-2,5-6H2. The van der Waals surface area contributed by atoms with Crippen molar-refractivity contribution in [1.82, 2.24) is 25.2 Å². The fourth-order valence-electron chi connectivity index (χ4n) is 2.26. The molecule has 0 bridgehead atoms. The Kier molecular flexibility index (Phi) is 3.42. The van der Waals surface area contributed by atoms with E-state index < -0.39 is 0 Å². The molecule has 0 amide bonds. The van der Waals surface area contributed by atoms with E-state index in [1.54, 1.807) is 6.07 Å². The van der Waals surface area contributed by atoms with Gasteiger partial charge in [-0.25, -0.2) is 9.67 Å². The molecule has 2 aromatic rings. The quantitative estimate of drug-likeness (QED) is 0.852. The third-order valence-corrected chi connectivity index (χ3v) is 4.05. The molecule has 96 valence electrons. The molecule has 0 atom stereocenters. The largest absolute Gasteiger partial charge is 0.230 e. The van der Waals surface area contributed by atoms with Crippen molar-refractivity contribution in [3.63, 3.8) is 0 Å². The Morgan fingerprint density at radius 1 is 1.32 bits per heavy atom. The van der Waals surface area contributed by atoms with Crippen LogP contribution in [0.15, 0.2) is 28.4 Å². The molecule has 2 aromatic heterocycles. The second-order valence-corrected chi connectivity index (χ2v) is 5.41. The van der Waals surface area contributed by atoms with Gasteiger partial charge in [0.15, 0.2) is 0 Å². The summed E-state index contributed by atoms with van der Waals surface area (Å²) in [6, 6.07) is 7.80. The lowest BCUT2D eigenvalue weighted by atomic mass is 10.3. The Hall–Kier alpha value is -1.94. The Morgan fingerprint density at radius 3 is 2.95 bits per heavy atom. The van der Waals surface area contributed by atoms with Crippen LogP contribution in [-0.4, -0.2) is 25.2 Å². The monoisotopic (exact) mass is 272 g/mol. The highest BCUT2D eigenvalue weighted by molar-refractivity contribution is 7.99. The summed E-state index contributed by atoms with van der Waals surface area (Å²) in [5.41, 5.74) is 0.407. The van der Waals surface area contributed by atoms with Gasteiger partial charge < -0.3 is 0 Å². The summed E-state index contributed by atoms with van der Waals surface area (Å²) in [6.07, 6.45) is 4.72. The number of hydrogen-bond acceptors (Lipinski definition) is 6. The number of tetrazole rings is 1. The SMILES string of the molecule is N#Cc1cccc(Sc2nnnn2C2CCCC2)n1. The molecule has 0 N–H and O–H groups in total. The zero-order chi connectivity index (χ0) is 13.1. The topological polar surface area (TPSA) is 80.3 Å². The second-order valence-electron chi connectivity index (χ2n) is 4.42. The van der Waals surface area contributed by atoms with Gasteiger partial charge in [-0.1, -0.05) is 18.9 Å². The average Bonchev–Trinajstić information content (AvgIpc) is 3.09. The zero-order valence-corrected chi connectivity index (χ0v) is 11.0. The highest BCUT2D eigenvalue weighted by Gasteiger charge is 2.22. The first-order valence-corrected chi connectivity index (χ1v) is 7.01. The Morgan fingerprint density at radius 2 is 2.16 bits per heavy atom. The van der Waals surface area contributed by atoms with Crippen molar-refractivity contribution >= 4 is 11.8 Å². The van der Waals surface area contributed by atoms with Crippen LogP contribution in [0.2, 0.25) is 0 Å². The first-order chi connectivity index (χ1) is 9.36. The van der Waals surface area contributed by atoms with Gasteiger partial charge in [-0.15, -0.1) is 5.10 Å². The molecule has 0 aliphatic heterocycles. The number of nitrogens with zero attached hydrogens (tertiary/aromatic N) is 6. The minimum absolute atomic E-state index is 0.400. The molecule has 0 unspecified atom stereocenters. The number of aromatic nitrogens is 5. The molecular formula is C12H12N6S. The van der Waals surface area contributed by atoms with E-state index in [-0.39, 0.29) is 0 Å². The maximum Gasteiger partial charge on any atom is 0.215 e. The summed E-state index contributed by atoms with van der Waals surface area (Å²) in [7, 11) is 0. The summed E-state index contributed by atoms with van der Waals surface area (Å²) < 4.78 is 1.89. The lowest BCUT2D eigenvalue weighted by Crippen LogP contribution is -2.08. The minimum Gasteiger partial charge on any atom is -0.230 e. The molecule has 2 heterocycles. The maximum atomic E-state index is 8.85. The highest BCUT2D eigenvalue weighted by atomic mass is 32.2. The van der Waals surface area contributed by atoms with Gasteiger partial charge >= 0.3 is 0 Å². The molecule has 1 saturated carbocycles. The fourth-order valence-corrected chi connectivity index (χ4v) is 3.09. The third-order valence-electron chi connectivity index (χ3n) is 3.17. The lowest BCUT2D eigenvalue weighted by molar-refractivity contribution is 0.423. The van der Waals surface area contributed by atoms with Gasteiger partial charge in [-0.3, -0.25) is 0 Å².